The van der Waals surface area contributed by atoms with Gasteiger partial charge in [-0.2, -0.15) is 5.10 Å². The monoisotopic (exact) mass is 274 g/mol. The van der Waals surface area contributed by atoms with Crippen molar-refractivity contribution in [3.05, 3.63) is 30.1 Å². The van der Waals surface area contributed by atoms with E-state index in [0.29, 0.717) is 13.0 Å². The van der Waals surface area contributed by atoms with Crippen LogP contribution in [-0.2, 0) is 24.3 Å². The summed E-state index contributed by atoms with van der Waals surface area (Å²) in [5.74, 6) is 1.88. The van der Waals surface area contributed by atoms with Crippen LogP contribution in [0.25, 0.3) is 0 Å². The lowest BCUT2D eigenvalue weighted by molar-refractivity contribution is -0.122. The third kappa shape index (κ3) is 2.56. The normalized spacial score (nSPS) is 15.1. The minimum absolute atomic E-state index is 0.00310. The van der Waals surface area contributed by atoms with Crippen molar-refractivity contribution in [2.75, 3.05) is 0 Å². The minimum Gasteiger partial charge on any atom is -0.346 e. The number of fused-ring (bicyclic) bond motifs is 1. The molecule has 2 aromatic rings. The van der Waals surface area contributed by atoms with Gasteiger partial charge in [-0.3, -0.25) is 9.48 Å². The maximum Gasteiger partial charge on any atom is 0.222 e. The maximum atomic E-state index is 11.9. The van der Waals surface area contributed by atoms with Gasteiger partial charge in [-0.05, 0) is 19.4 Å². The topological polar surface area (TPSA) is 77.6 Å². The summed E-state index contributed by atoms with van der Waals surface area (Å²) in [6.07, 6.45) is 6.06. The van der Waals surface area contributed by atoms with Crippen LogP contribution < -0.4 is 5.32 Å². The molecule has 0 fully saturated rings. The summed E-state index contributed by atoms with van der Waals surface area (Å²) in [7, 11) is 0. The van der Waals surface area contributed by atoms with Crippen molar-refractivity contribution in [1.29, 1.82) is 0 Å². The first-order valence-electron chi connectivity index (χ1n) is 6.93. The number of amides is 1. The van der Waals surface area contributed by atoms with Crippen molar-refractivity contribution in [3.8, 4) is 0 Å². The van der Waals surface area contributed by atoms with Crippen molar-refractivity contribution in [2.45, 2.75) is 45.3 Å². The van der Waals surface area contributed by atoms with Crippen LogP contribution in [0, 0.1) is 0 Å². The van der Waals surface area contributed by atoms with Gasteiger partial charge < -0.3 is 9.88 Å². The lowest BCUT2D eigenvalue weighted by Gasteiger charge is -2.13. The van der Waals surface area contributed by atoms with Gasteiger partial charge >= 0.3 is 0 Å². The van der Waals surface area contributed by atoms with Crippen molar-refractivity contribution in [3.63, 3.8) is 0 Å². The second kappa shape index (κ2) is 5.44. The molecule has 1 atom stereocenters. The van der Waals surface area contributed by atoms with Crippen LogP contribution in [0.5, 0.6) is 0 Å². The molecule has 3 heterocycles. The Labute approximate surface area is 117 Å². The fourth-order valence-corrected chi connectivity index (χ4v) is 2.52. The molecule has 0 spiro atoms. The van der Waals surface area contributed by atoms with Gasteiger partial charge in [-0.25, -0.2) is 0 Å². The van der Waals surface area contributed by atoms with Crippen LogP contribution >= 0.6 is 0 Å². The van der Waals surface area contributed by atoms with E-state index in [1.54, 1.807) is 10.9 Å². The molecule has 106 valence electrons. The highest BCUT2D eigenvalue weighted by Gasteiger charge is 2.22. The SMILES string of the molecule is C[C@@H](NC(=O)CCn1cccn1)c1nnc2n1CCC2. The molecule has 0 radical (unpaired) electrons. The molecule has 1 amide bonds. The molecule has 1 N–H and O–H groups in total. The highest BCUT2D eigenvalue weighted by atomic mass is 16.1. The summed E-state index contributed by atoms with van der Waals surface area (Å²) in [5.41, 5.74) is 0. The first kappa shape index (κ1) is 12.8. The van der Waals surface area contributed by atoms with Gasteiger partial charge in [0.15, 0.2) is 5.82 Å². The zero-order valence-corrected chi connectivity index (χ0v) is 11.5. The van der Waals surface area contributed by atoms with Gasteiger partial charge in [0.1, 0.15) is 5.82 Å². The maximum absolute atomic E-state index is 11.9. The standard InChI is InChI=1S/C13H18N6O/c1-10(13-17-16-11-4-2-8-19(11)13)15-12(20)5-9-18-7-3-6-14-18/h3,6-7,10H,2,4-5,8-9H2,1H3,(H,15,20)/t10-/m1/s1. The second-order valence-electron chi connectivity index (χ2n) is 5.04. The van der Waals surface area contributed by atoms with Gasteiger partial charge in [0, 0.05) is 38.3 Å². The molecule has 7 heteroatoms. The lowest BCUT2D eigenvalue weighted by atomic mass is 10.3. The Hall–Kier alpha value is -2.18. The predicted octanol–water partition coefficient (Wildman–Crippen LogP) is 0.688. The number of nitrogens with zero attached hydrogens (tertiary/aromatic N) is 5. The van der Waals surface area contributed by atoms with Crippen LogP contribution in [0.2, 0.25) is 0 Å². The van der Waals surface area contributed by atoms with Crippen LogP contribution in [0.4, 0.5) is 0 Å². The first-order valence-corrected chi connectivity index (χ1v) is 6.93. The third-order valence-corrected chi connectivity index (χ3v) is 3.53. The van der Waals surface area contributed by atoms with Crippen LogP contribution in [0.1, 0.15) is 37.5 Å². The largest absolute Gasteiger partial charge is 0.346 e. The minimum atomic E-state index is -0.112. The first-order chi connectivity index (χ1) is 9.74. The molecule has 20 heavy (non-hydrogen) atoms. The Morgan fingerprint density at radius 2 is 2.40 bits per heavy atom. The molecule has 7 nitrogen and oxygen atoms in total. The number of hydrogen-bond donors (Lipinski definition) is 1. The number of rotatable bonds is 5. The van der Waals surface area contributed by atoms with Gasteiger partial charge in [0.25, 0.3) is 0 Å². The Bertz CT molecular complexity index is 588. The number of aryl methyl sites for hydroxylation is 2. The van der Waals surface area contributed by atoms with E-state index in [-0.39, 0.29) is 11.9 Å². The lowest BCUT2D eigenvalue weighted by Crippen LogP contribution is -2.29. The van der Waals surface area contributed by atoms with E-state index in [9.17, 15) is 4.79 Å². The van der Waals surface area contributed by atoms with E-state index in [4.69, 9.17) is 0 Å². The van der Waals surface area contributed by atoms with Crippen molar-refractivity contribution in [2.24, 2.45) is 0 Å². The van der Waals surface area contributed by atoms with E-state index >= 15 is 0 Å². The van der Waals surface area contributed by atoms with Crippen LogP contribution in [0.3, 0.4) is 0 Å². The van der Waals surface area contributed by atoms with Crippen molar-refractivity contribution < 1.29 is 4.79 Å². The van der Waals surface area contributed by atoms with Crippen LogP contribution in [-0.4, -0.2) is 30.5 Å². The summed E-state index contributed by atoms with van der Waals surface area (Å²) < 4.78 is 3.86. The van der Waals surface area contributed by atoms with E-state index in [1.807, 2.05) is 19.2 Å². The van der Waals surface area contributed by atoms with E-state index in [2.05, 4.69) is 25.2 Å². The quantitative estimate of drug-likeness (QED) is 0.870. The fraction of sp³-hybridized carbons (Fsp3) is 0.538. The molecular formula is C13H18N6O. The molecule has 0 aromatic carbocycles. The average Bonchev–Trinajstić information content (AvgIpc) is 3.13. The molecule has 0 aliphatic carbocycles. The molecule has 0 bridgehead atoms. The van der Waals surface area contributed by atoms with Crippen molar-refractivity contribution in [1.82, 2.24) is 29.9 Å². The molecule has 3 rings (SSSR count). The van der Waals surface area contributed by atoms with E-state index in [1.165, 1.54) is 0 Å². The van der Waals surface area contributed by atoms with E-state index in [0.717, 1.165) is 31.0 Å². The zero-order chi connectivity index (χ0) is 13.9. The van der Waals surface area contributed by atoms with Gasteiger partial charge in [0.2, 0.25) is 5.91 Å². The third-order valence-electron chi connectivity index (χ3n) is 3.53. The van der Waals surface area contributed by atoms with Crippen molar-refractivity contribution >= 4 is 5.91 Å². The summed E-state index contributed by atoms with van der Waals surface area (Å²) >= 11 is 0. The summed E-state index contributed by atoms with van der Waals surface area (Å²) in [5, 5.41) is 15.4. The summed E-state index contributed by atoms with van der Waals surface area (Å²) in [6, 6.07) is 1.74. The summed E-state index contributed by atoms with van der Waals surface area (Å²) in [6.45, 7) is 3.48. The zero-order valence-electron chi connectivity index (χ0n) is 11.5. The number of carbonyl (C=O) groups excluding carboxylic acids is 1. The summed E-state index contributed by atoms with van der Waals surface area (Å²) in [4.78, 5) is 11.9. The molecule has 0 saturated carbocycles. The predicted molar refractivity (Wildman–Crippen MR) is 71.7 cm³/mol. The molecule has 1 aliphatic rings. The number of hydrogen-bond acceptors (Lipinski definition) is 4. The Morgan fingerprint density at radius 1 is 1.50 bits per heavy atom. The Kier molecular flexibility index (Phi) is 3.49. The van der Waals surface area contributed by atoms with Gasteiger partial charge in [-0.1, -0.05) is 0 Å². The van der Waals surface area contributed by atoms with E-state index < -0.39 is 0 Å². The number of nitrogens with one attached hydrogen (secondary N) is 1. The molecule has 1 aliphatic heterocycles. The molecule has 0 unspecified atom stereocenters. The number of aromatic nitrogens is 5. The second-order valence-corrected chi connectivity index (χ2v) is 5.04. The average molecular weight is 274 g/mol. The Morgan fingerprint density at radius 3 is 3.20 bits per heavy atom. The smallest absolute Gasteiger partial charge is 0.222 e. The molecule has 0 saturated heterocycles. The fourth-order valence-electron chi connectivity index (χ4n) is 2.52. The highest BCUT2D eigenvalue weighted by molar-refractivity contribution is 5.76. The van der Waals surface area contributed by atoms with Crippen LogP contribution in [0.15, 0.2) is 18.5 Å². The number of carbonyl (C=O) groups is 1. The highest BCUT2D eigenvalue weighted by Crippen LogP contribution is 2.18. The molecule has 2 aromatic heterocycles. The molecular weight excluding hydrogens is 256 g/mol. The van der Waals surface area contributed by atoms with Gasteiger partial charge in [-0.15, -0.1) is 10.2 Å². The Balaban J connectivity index is 1.55. The van der Waals surface area contributed by atoms with Gasteiger partial charge in [0.05, 0.1) is 6.04 Å².